The molecule has 28 heavy (non-hydrogen) atoms. The van der Waals surface area contributed by atoms with Gasteiger partial charge in [0, 0.05) is 61.3 Å². The second-order valence-corrected chi connectivity index (χ2v) is 6.44. The number of nitro groups is 2. The summed E-state index contributed by atoms with van der Waals surface area (Å²) in [6.45, 7) is 3.74. The minimum atomic E-state index is -0.478. The summed E-state index contributed by atoms with van der Waals surface area (Å²) in [6, 6.07) is 10.6. The smallest absolute Gasteiger partial charge is 0.321 e. The number of amides is 2. The molecule has 2 amide bonds. The molecule has 10 nitrogen and oxygen atoms in total. The molecule has 1 aliphatic rings. The Hall–Kier alpha value is -3.69. The number of hydrogen-bond donors (Lipinski definition) is 1. The maximum Gasteiger partial charge on any atom is 0.321 e. The highest BCUT2D eigenvalue weighted by Gasteiger charge is 2.22. The van der Waals surface area contributed by atoms with E-state index >= 15 is 0 Å². The molecule has 0 aliphatic carbocycles. The maximum atomic E-state index is 12.4. The van der Waals surface area contributed by atoms with E-state index in [1.54, 1.807) is 36.1 Å². The van der Waals surface area contributed by atoms with Crippen molar-refractivity contribution in [2.45, 2.75) is 6.92 Å². The van der Waals surface area contributed by atoms with E-state index in [4.69, 9.17) is 0 Å². The fourth-order valence-corrected chi connectivity index (χ4v) is 3.04. The van der Waals surface area contributed by atoms with Gasteiger partial charge in [-0.2, -0.15) is 0 Å². The third-order valence-electron chi connectivity index (χ3n) is 4.65. The number of benzene rings is 2. The van der Waals surface area contributed by atoms with Crippen LogP contribution in [0.5, 0.6) is 0 Å². The first-order chi connectivity index (χ1) is 13.3. The topological polar surface area (TPSA) is 122 Å². The van der Waals surface area contributed by atoms with Gasteiger partial charge in [-0.3, -0.25) is 20.2 Å². The minimum absolute atomic E-state index is 0.0361. The van der Waals surface area contributed by atoms with Gasteiger partial charge in [-0.25, -0.2) is 4.79 Å². The Morgan fingerprint density at radius 3 is 2.18 bits per heavy atom. The van der Waals surface area contributed by atoms with Gasteiger partial charge in [-0.15, -0.1) is 0 Å². The Labute approximate surface area is 160 Å². The number of hydrogen-bond acceptors (Lipinski definition) is 6. The molecule has 0 radical (unpaired) electrons. The molecule has 0 atom stereocenters. The molecule has 1 fully saturated rings. The van der Waals surface area contributed by atoms with Crippen LogP contribution in [0, 0.1) is 27.2 Å². The summed E-state index contributed by atoms with van der Waals surface area (Å²) in [4.78, 5) is 37.0. The van der Waals surface area contributed by atoms with Crippen molar-refractivity contribution in [1.82, 2.24) is 4.90 Å². The Balaban J connectivity index is 1.58. The molecule has 1 heterocycles. The van der Waals surface area contributed by atoms with Gasteiger partial charge in [-0.1, -0.05) is 6.07 Å². The fourth-order valence-electron chi connectivity index (χ4n) is 3.04. The van der Waals surface area contributed by atoms with E-state index in [0.717, 1.165) is 5.69 Å². The zero-order valence-electron chi connectivity index (χ0n) is 15.2. The van der Waals surface area contributed by atoms with Gasteiger partial charge in [0.15, 0.2) is 0 Å². The molecule has 0 aromatic heterocycles. The summed E-state index contributed by atoms with van der Waals surface area (Å²) in [6.07, 6.45) is 0. The zero-order chi connectivity index (χ0) is 20.3. The SMILES string of the molecule is Cc1ccc(NC(=O)N2CCN(c3ccc([N+](=O)[O-])cc3)CC2)cc1[N+](=O)[O-]. The van der Waals surface area contributed by atoms with Gasteiger partial charge in [0.2, 0.25) is 0 Å². The van der Waals surface area contributed by atoms with E-state index in [1.807, 2.05) is 4.90 Å². The molecule has 2 aromatic rings. The van der Waals surface area contributed by atoms with Crippen molar-refractivity contribution < 1.29 is 14.6 Å². The molecule has 146 valence electrons. The van der Waals surface area contributed by atoms with Crippen LogP contribution in [0.25, 0.3) is 0 Å². The van der Waals surface area contributed by atoms with Crippen molar-refractivity contribution in [2.24, 2.45) is 0 Å². The maximum absolute atomic E-state index is 12.4. The van der Waals surface area contributed by atoms with Crippen LogP contribution in [0.15, 0.2) is 42.5 Å². The van der Waals surface area contributed by atoms with E-state index in [2.05, 4.69) is 5.32 Å². The van der Waals surface area contributed by atoms with E-state index in [9.17, 15) is 25.0 Å². The standard InChI is InChI=1S/C18H19N5O5/c1-13-2-3-14(12-17(13)23(27)28)19-18(24)21-10-8-20(9-11-21)15-4-6-16(7-5-15)22(25)26/h2-7,12H,8-11H2,1H3,(H,19,24). The molecule has 1 N–H and O–H groups in total. The number of aryl methyl sites for hydroxylation is 1. The number of anilines is 2. The summed E-state index contributed by atoms with van der Waals surface area (Å²) in [5, 5.41) is 24.5. The summed E-state index contributed by atoms with van der Waals surface area (Å²) < 4.78 is 0. The average Bonchev–Trinajstić information content (AvgIpc) is 2.69. The number of non-ortho nitro benzene ring substituents is 1. The van der Waals surface area contributed by atoms with Crippen molar-refractivity contribution in [3.8, 4) is 0 Å². The van der Waals surface area contributed by atoms with Gasteiger partial charge in [0.05, 0.1) is 9.85 Å². The van der Waals surface area contributed by atoms with Gasteiger partial charge in [0.1, 0.15) is 0 Å². The molecule has 1 saturated heterocycles. The number of nitrogens with one attached hydrogen (secondary N) is 1. The molecule has 0 unspecified atom stereocenters. The van der Waals surface area contributed by atoms with Gasteiger partial charge < -0.3 is 15.1 Å². The van der Waals surface area contributed by atoms with Gasteiger partial charge in [-0.05, 0) is 25.1 Å². The Kier molecular flexibility index (Phi) is 5.39. The fraction of sp³-hybridized carbons (Fsp3) is 0.278. The van der Waals surface area contributed by atoms with Crippen LogP contribution < -0.4 is 10.2 Å². The number of nitrogens with zero attached hydrogens (tertiary/aromatic N) is 4. The predicted octanol–water partition coefficient (Wildman–Crippen LogP) is 3.17. The second kappa shape index (κ2) is 7.91. The molecule has 0 bridgehead atoms. The van der Waals surface area contributed by atoms with E-state index in [1.165, 1.54) is 18.2 Å². The van der Waals surface area contributed by atoms with E-state index in [0.29, 0.717) is 37.4 Å². The number of carbonyl (C=O) groups excluding carboxylic acids is 1. The first-order valence-corrected chi connectivity index (χ1v) is 8.65. The second-order valence-electron chi connectivity index (χ2n) is 6.44. The number of urea groups is 1. The zero-order valence-corrected chi connectivity index (χ0v) is 15.2. The largest absolute Gasteiger partial charge is 0.368 e. The van der Waals surface area contributed by atoms with Crippen LogP contribution in [0.2, 0.25) is 0 Å². The molecule has 1 aliphatic heterocycles. The lowest BCUT2D eigenvalue weighted by Crippen LogP contribution is -2.50. The molecule has 2 aromatic carbocycles. The number of rotatable bonds is 4. The summed E-state index contributed by atoms with van der Waals surface area (Å²) in [5.41, 5.74) is 1.76. The molecule has 3 rings (SSSR count). The highest BCUT2D eigenvalue weighted by Crippen LogP contribution is 2.23. The van der Waals surface area contributed by atoms with Gasteiger partial charge >= 0.3 is 6.03 Å². The third kappa shape index (κ3) is 4.17. The number of carbonyl (C=O) groups is 1. The highest BCUT2D eigenvalue weighted by atomic mass is 16.6. The average molecular weight is 385 g/mol. The predicted molar refractivity (Wildman–Crippen MR) is 104 cm³/mol. The van der Waals surface area contributed by atoms with Crippen molar-refractivity contribution in [3.63, 3.8) is 0 Å². The molecule has 10 heteroatoms. The van der Waals surface area contributed by atoms with Crippen LogP contribution in [-0.4, -0.2) is 47.0 Å². The number of piperazine rings is 1. The van der Waals surface area contributed by atoms with Crippen molar-refractivity contribution in [1.29, 1.82) is 0 Å². The van der Waals surface area contributed by atoms with Crippen LogP contribution in [-0.2, 0) is 0 Å². The Bertz CT molecular complexity index is 907. The van der Waals surface area contributed by atoms with Crippen LogP contribution >= 0.6 is 0 Å². The molecule has 0 spiro atoms. The van der Waals surface area contributed by atoms with Crippen LogP contribution in [0.4, 0.5) is 27.5 Å². The third-order valence-corrected chi connectivity index (χ3v) is 4.65. The summed E-state index contributed by atoms with van der Waals surface area (Å²) in [5.74, 6) is 0. The summed E-state index contributed by atoms with van der Waals surface area (Å²) >= 11 is 0. The normalized spacial score (nSPS) is 13.9. The van der Waals surface area contributed by atoms with Crippen LogP contribution in [0.1, 0.15) is 5.56 Å². The summed E-state index contributed by atoms with van der Waals surface area (Å²) in [7, 11) is 0. The van der Waals surface area contributed by atoms with E-state index < -0.39 is 9.85 Å². The lowest BCUT2D eigenvalue weighted by atomic mass is 10.2. The van der Waals surface area contributed by atoms with Crippen molar-refractivity contribution in [3.05, 3.63) is 68.3 Å². The van der Waals surface area contributed by atoms with Crippen molar-refractivity contribution >= 4 is 28.8 Å². The Morgan fingerprint density at radius 2 is 1.61 bits per heavy atom. The van der Waals surface area contributed by atoms with E-state index in [-0.39, 0.29) is 17.4 Å². The number of nitro benzene ring substituents is 2. The molecule has 0 saturated carbocycles. The Morgan fingerprint density at radius 1 is 0.964 bits per heavy atom. The molecular weight excluding hydrogens is 366 g/mol. The monoisotopic (exact) mass is 385 g/mol. The quantitative estimate of drug-likeness (QED) is 0.637. The van der Waals surface area contributed by atoms with Crippen LogP contribution in [0.3, 0.4) is 0 Å². The first kappa shape index (κ1) is 19.1. The van der Waals surface area contributed by atoms with Crippen molar-refractivity contribution in [2.75, 3.05) is 36.4 Å². The lowest BCUT2D eigenvalue weighted by molar-refractivity contribution is -0.385. The lowest BCUT2D eigenvalue weighted by Gasteiger charge is -2.36. The van der Waals surface area contributed by atoms with Gasteiger partial charge in [0.25, 0.3) is 11.4 Å². The first-order valence-electron chi connectivity index (χ1n) is 8.65. The minimum Gasteiger partial charge on any atom is -0.368 e. The molecular formula is C18H19N5O5. The highest BCUT2D eigenvalue weighted by molar-refractivity contribution is 5.90.